The van der Waals surface area contributed by atoms with Gasteiger partial charge < -0.3 is 9.84 Å². The SMILES string of the molecule is CC1=C(C)C(C)[C-]=C1[Si].COc1cc(O)cc(C(C)(C)C)c1.Cl.Cl.[CH2]=[Ti+]. The summed E-state index contributed by atoms with van der Waals surface area (Å²) in [6, 6.07) is 5.32. The van der Waals surface area contributed by atoms with Gasteiger partial charge in [0.05, 0.1) is 7.11 Å². The van der Waals surface area contributed by atoms with E-state index in [1.807, 2.05) is 6.07 Å². The topological polar surface area (TPSA) is 29.5 Å². The molecule has 0 aromatic heterocycles. The molecular formula is C20H30Cl2O2SiTi. The first kappa shape index (κ1) is 30.4. The summed E-state index contributed by atoms with van der Waals surface area (Å²) in [7, 11) is 5.08. The monoisotopic (exact) mass is 448 g/mol. The van der Waals surface area contributed by atoms with Crippen molar-refractivity contribution < 1.29 is 29.8 Å². The standard InChI is InChI=1S/C11H16O2.C8H10Si.CH2.2ClH.Ti/c1-11(2,3)8-5-9(12)7-10(6-8)13-4;1-5-4-8(9)7(3)6(5)2;;;;/h5-7,12H,1-4H3;5H,1-3H3;1H2;2*1H;/q;-1;;;;+1. The van der Waals surface area contributed by atoms with Gasteiger partial charge in [0, 0.05) is 16.3 Å². The van der Waals surface area contributed by atoms with Crippen molar-refractivity contribution >= 4 is 39.9 Å². The molecule has 2 nitrogen and oxygen atoms in total. The van der Waals surface area contributed by atoms with Crippen molar-refractivity contribution in [2.75, 3.05) is 7.11 Å². The maximum absolute atomic E-state index is 9.41. The molecule has 2 rings (SSSR count). The number of aromatic hydroxyl groups is 1. The number of hydrogen-bond donors (Lipinski definition) is 1. The molecule has 3 radical (unpaired) electrons. The molecule has 0 bridgehead atoms. The first-order valence-electron chi connectivity index (χ1n) is 7.83. The quantitative estimate of drug-likeness (QED) is 0.464. The number of ether oxygens (including phenoxy) is 1. The summed E-state index contributed by atoms with van der Waals surface area (Å²) < 4.78 is 5.07. The van der Waals surface area contributed by atoms with Crippen molar-refractivity contribution in [1.29, 1.82) is 0 Å². The van der Waals surface area contributed by atoms with Gasteiger partial charge in [0.2, 0.25) is 0 Å². The maximum atomic E-state index is 9.41. The number of phenols is 1. The van der Waals surface area contributed by atoms with Crippen molar-refractivity contribution in [2.24, 2.45) is 5.92 Å². The molecule has 0 aliphatic heterocycles. The number of hydrogen-bond acceptors (Lipinski definition) is 2. The molecule has 1 aliphatic carbocycles. The molecule has 0 saturated carbocycles. The molecule has 26 heavy (non-hydrogen) atoms. The van der Waals surface area contributed by atoms with Gasteiger partial charge >= 0.3 is 24.8 Å². The van der Waals surface area contributed by atoms with E-state index in [4.69, 9.17) is 4.74 Å². The van der Waals surface area contributed by atoms with E-state index in [0.717, 1.165) is 10.8 Å². The molecule has 1 aromatic rings. The van der Waals surface area contributed by atoms with Crippen LogP contribution in [0, 0.1) is 12.0 Å². The van der Waals surface area contributed by atoms with Crippen molar-refractivity contribution in [3.8, 4) is 11.5 Å². The van der Waals surface area contributed by atoms with Crippen LogP contribution < -0.4 is 4.74 Å². The Bertz CT molecular complexity index is 623. The van der Waals surface area contributed by atoms with Crippen LogP contribution in [0.15, 0.2) is 34.5 Å². The number of allylic oxidation sites excluding steroid dienone is 4. The molecule has 1 unspecified atom stereocenters. The van der Waals surface area contributed by atoms with E-state index >= 15 is 0 Å². The Morgan fingerprint density at radius 1 is 1.15 bits per heavy atom. The molecule has 1 N–H and O–H groups in total. The summed E-state index contributed by atoms with van der Waals surface area (Å²) in [6.45, 7) is 12.7. The molecule has 0 fully saturated rings. The van der Waals surface area contributed by atoms with E-state index < -0.39 is 0 Å². The van der Waals surface area contributed by atoms with Gasteiger partial charge in [-0.3, -0.25) is 6.08 Å². The molecule has 1 aromatic carbocycles. The Balaban J connectivity index is -0.000000361. The molecule has 144 valence electrons. The molecule has 6 heteroatoms. The fourth-order valence-corrected chi connectivity index (χ4v) is 2.50. The van der Waals surface area contributed by atoms with Gasteiger partial charge in [-0.2, -0.15) is 5.57 Å². The summed E-state index contributed by atoms with van der Waals surface area (Å²) in [4.78, 5) is 3.25. The van der Waals surface area contributed by atoms with Crippen LogP contribution in [0.1, 0.15) is 47.1 Å². The molecule has 1 atom stereocenters. The normalized spacial score (nSPS) is 15.3. The van der Waals surface area contributed by atoms with Crippen LogP contribution >= 0.6 is 24.8 Å². The second kappa shape index (κ2) is 13.8. The third-order valence-electron chi connectivity index (χ3n) is 3.97. The summed E-state index contributed by atoms with van der Waals surface area (Å²) in [5.74, 6) is 1.46. The molecule has 0 spiro atoms. The minimum atomic E-state index is 0. The molecule has 1 aliphatic rings. The third-order valence-corrected chi connectivity index (χ3v) is 4.49. The zero-order valence-corrected chi connectivity index (χ0v) is 20.9. The Labute approximate surface area is 186 Å². The van der Waals surface area contributed by atoms with E-state index in [1.54, 1.807) is 39.2 Å². The van der Waals surface area contributed by atoms with Gasteiger partial charge in [-0.15, -0.1) is 31.7 Å². The second-order valence-corrected chi connectivity index (χ2v) is 7.22. The van der Waals surface area contributed by atoms with Crippen LogP contribution in [0.2, 0.25) is 0 Å². The van der Waals surface area contributed by atoms with Crippen LogP contribution in [-0.4, -0.2) is 27.3 Å². The van der Waals surface area contributed by atoms with Crippen LogP contribution in [0.25, 0.3) is 0 Å². The van der Waals surface area contributed by atoms with Crippen LogP contribution in [0.4, 0.5) is 0 Å². The second-order valence-electron chi connectivity index (χ2n) is 6.72. The first-order chi connectivity index (χ1) is 11.1. The van der Waals surface area contributed by atoms with E-state index in [9.17, 15) is 5.11 Å². The van der Waals surface area contributed by atoms with Crippen LogP contribution in [-0.2, 0) is 25.4 Å². The minimum absolute atomic E-state index is 0. The van der Waals surface area contributed by atoms with Crippen LogP contribution in [0.3, 0.4) is 0 Å². The van der Waals surface area contributed by atoms with E-state index in [-0.39, 0.29) is 36.0 Å². The van der Waals surface area contributed by atoms with Gasteiger partial charge in [-0.05, 0) is 23.1 Å². The number of rotatable bonds is 1. The van der Waals surface area contributed by atoms with Crippen molar-refractivity contribution in [3.05, 3.63) is 46.2 Å². The summed E-state index contributed by atoms with van der Waals surface area (Å²) >= 11 is 1.75. The predicted molar refractivity (Wildman–Crippen MR) is 115 cm³/mol. The summed E-state index contributed by atoms with van der Waals surface area (Å²) in [6.07, 6.45) is 3.27. The molecule has 0 saturated heterocycles. The van der Waals surface area contributed by atoms with Crippen LogP contribution in [0.5, 0.6) is 11.5 Å². The molecule has 0 amide bonds. The fraction of sp³-hybridized carbons (Fsp3) is 0.450. The Hall–Kier alpha value is -0.319. The van der Waals surface area contributed by atoms with Crippen molar-refractivity contribution in [3.63, 3.8) is 0 Å². The molecular weight excluding hydrogens is 419 g/mol. The number of halogens is 2. The van der Waals surface area contributed by atoms with Crippen molar-refractivity contribution in [2.45, 2.75) is 47.0 Å². The first-order valence-corrected chi connectivity index (χ1v) is 9.43. The fourth-order valence-electron chi connectivity index (χ4n) is 2.09. The Morgan fingerprint density at radius 3 is 1.92 bits per heavy atom. The summed E-state index contributed by atoms with van der Waals surface area (Å²) in [5.41, 5.74) is 3.88. The van der Waals surface area contributed by atoms with E-state index in [2.05, 4.69) is 62.7 Å². The van der Waals surface area contributed by atoms with E-state index in [0.29, 0.717) is 11.7 Å². The zero-order chi connectivity index (χ0) is 19.1. The number of benzene rings is 1. The van der Waals surface area contributed by atoms with Gasteiger partial charge in [-0.25, -0.2) is 10.8 Å². The van der Waals surface area contributed by atoms with Crippen molar-refractivity contribution in [1.82, 2.24) is 0 Å². The third kappa shape index (κ3) is 9.57. The van der Waals surface area contributed by atoms with Gasteiger partial charge in [0.1, 0.15) is 11.5 Å². The summed E-state index contributed by atoms with van der Waals surface area (Å²) in [5, 5.41) is 10.5. The number of phenolic OH excluding ortho intramolecular Hbond substituents is 1. The van der Waals surface area contributed by atoms with E-state index in [1.165, 1.54) is 11.1 Å². The molecule has 0 heterocycles. The average Bonchev–Trinajstić information content (AvgIpc) is 2.74. The Morgan fingerprint density at radius 2 is 1.65 bits per heavy atom. The Kier molecular flexibility index (Phi) is 16.1. The van der Waals surface area contributed by atoms with Gasteiger partial charge in [0.15, 0.2) is 0 Å². The average molecular weight is 449 g/mol. The zero-order valence-electron chi connectivity index (χ0n) is 16.7. The predicted octanol–water partition coefficient (Wildman–Crippen LogP) is 5.34. The van der Waals surface area contributed by atoms with Gasteiger partial charge in [-0.1, -0.05) is 40.5 Å². The number of methoxy groups -OCH3 is 1. The van der Waals surface area contributed by atoms with Gasteiger partial charge in [0.25, 0.3) is 0 Å².